The van der Waals surface area contributed by atoms with Gasteiger partial charge in [0.15, 0.2) is 17.2 Å². The van der Waals surface area contributed by atoms with Gasteiger partial charge in [-0.1, -0.05) is 41.5 Å². The quantitative estimate of drug-likeness (QED) is 0.237. The summed E-state index contributed by atoms with van der Waals surface area (Å²) in [6.07, 6.45) is -3.53. The number of hydrogen-bond acceptors (Lipinski definition) is 8. The van der Waals surface area contributed by atoms with Crippen molar-refractivity contribution in [2.75, 3.05) is 0 Å². The molecule has 0 spiro atoms. The number of aliphatic hydroxyl groups is 3. The fourth-order valence-electron chi connectivity index (χ4n) is 8.80. The van der Waals surface area contributed by atoms with Gasteiger partial charge in [0.1, 0.15) is 23.6 Å². The number of benzene rings is 1. The van der Waals surface area contributed by atoms with Gasteiger partial charge in [0.25, 0.3) is 0 Å². The Morgan fingerprint density at radius 2 is 1.74 bits per heavy atom. The van der Waals surface area contributed by atoms with Crippen LogP contribution in [0.2, 0.25) is 0 Å². The van der Waals surface area contributed by atoms with Gasteiger partial charge < -0.3 is 26.2 Å². The summed E-state index contributed by atoms with van der Waals surface area (Å²) >= 11 is 2.09. The molecule has 4 rings (SSSR count). The molecule has 2 fully saturated rings. The molecule has 0 heterocycles. The Bertz CT molecular complexity index is 1260. The van der Waals surface area contributed by atoms with Gasteiger partial charge in [0.05, 0.1) is 17.6 Å². The van der Waals surface area contributed by atoms with E-state index in [9.17, 15) is 39.6 Å². The summed E-state index contributed by atoms with van der Waals surface area (Å²) < 4.78 is 0.718. The summed E-state index contributed by atoms with van der Waals surface area (Å²) in [4.78, 5) is 53.9. The van der Waals surface area contributed by atoms with E-state index in [0.29, 0.717) is 5.56 Å². The van der Waals surface area contributed by atoms with E-state index in [1.165, 1.54) is 6.07 Å². The van der Waals surface area contributed by atoms with Gasteiger partial charge in [0.2, 0.25) is 5.91 Å². The molecule has 10 heteroatoms. The van der Waals surface area contributed by atoms with E-state index in [0.717, 1.165) is 3.57 Å². The van der Waals surface area contributed by atoms with Gasteiger partial charge in [-0.05, 0) is 69.4 Å². The van der Waals surface area contributed by atoms with Crippen LogP contribution < -0.4 is 5.73 Å². The van der Waals surface area contributed by atoms with Gasteiger partial charge in [0, 0.05) is 21.8 Å². The number of Topliss-reactive ketones (excluding diaryl/α,β-unsaturated/α-hetero) is 3. The number of primary amides is 1. The smallest absolute Gasteiger partial charge is 0.230 e. The Morgan fingerprint density at radius 3 is 2.26 bits per heavy atom. The Kier molecular flexibility index (Phi) is 7.40. The zero-order valence-corrected chi connectivity index (χ0v) is 25.2. The first-order chi connectivity index (χ1) is 17.9. The summed E-state index contributed by atoms with van der Waals surface area (Å²) in [6.45, 7) is 10.5. The molecule has 0 saturated heterocycles. The number of rotatable bonds is 5. The van der Waals surface area contributed by atoms with E-state index in [2.05, 4.69) is 22.6 Å². The number of aromatic hydroxyl groups is 1. The summed E-state index contributed by atoms with van der Waals surface area (Å²) in [5.74, 6) is -9.32. The highest BCUT2D eigenvalue weighted by atomic mass is 127. The van der Waals surface area contributed by atoms with Crippen molar-refractivity contribution < 1.29 is 39.6 Å². The van der Waals surface area contributed by atoms with E-state index in [1.54, 1.807) is 40.7 Å². The van der Waals surface area contributed by atoms with Crippen LogP contribution in [0.5, 0.6) is 5.75 Å². The van der Waals surface area contributed by atoms with Crippen LogP contribution in [-0.4, -0.2) is 61.5 Å². The first kappa shape index (κ1) is 30.1. The fraction of sp³-hybridized carbons (Fsp3) is 0.655. The van der Waals surface area contributed by atoms with Crippen LogP contribution in [0, 0.1) is 44.0 Å². The van der Waals surface area contributed by atoms with Crippen LogP contribution in [0.15, 0.2) is 12.1 Å². The van der Waals surface area contributed by atoms with Crippen LogP contribution in [-0.2, 0) is 14.4 Å². The van der Waals surface area contributed by atoms with E-state index < -0.39 is 81.6 Å². The summed E-state index contributed by atoms with van der Waals surface area (Å²) in [6, 6.07) is 3.08. The second kappa shape index (κ2) is 9.60. The number of ketones is 3. The Hall–Kier alpha value is -1.89. The zero-order valence-electron chi connectivity index (χ0n) is 23.1. The zero-order chi connectivity index (χ0) is 29.6. The first-order valence-corrected chi connectivity index (χ1v) is 14.5. The molecule has 1 aromatic rings. The minimum absolute atomic E-state index is 0.0128. The first-order valence-electron chi connectivity index (χ1n) is 13.4. The SMILES string of the molecule is CCC(=O)C[C@@H]1[C@@]2(C)[C@H](C)c3c(I)ccc(O)c3C(=O)[C@@H]2C(O)[C@@]2(O)C(=O)[C@H](C(N)=O)C(O)[C@H](C(C)C)[C@@]12C. The topological polar surface area (TPSA) is 175 Å². The third-order valence-corrected chi connectivity index (χ3v) is 11.6. The highest BCUT2D eigenvalue weighted by Crippen LogP contribution is 2.71. The Morgan fingerprint density at radius 1 is 1.15 bits per heavy atom. The molecule has 0 aliphatic heterocycles. The molecule has 9 nitrogen and oxygen atoms in total. The Balaban J connectivity index is 2.15. The molecule has 39 heavy (non-hydrogen) atoms. The summed E-state index contributed by atoms with van der Waals surface area (Å²) in [5, 5.41) is 46.8. The fourth-order valence-corrected chi connectivity index (χ4v) is 9.71. The molecular formula is C29H38INO8. The maximum absolute atomic E-state index is 14.2. The number of halogens is 1. The van der Waals surface area contributed by atoms with Crippen molar-refractivity contribution in [3.8, 4) is 5.75 Å². The molecule has 6 N–H and O–H groups in total. The number of phenolic OH excluding ortho intramolecular Hbond substituents is 1. The number of carbonyl (C=O) groups is 4. The van der Waals surface area contributed by atoms with E-state index >= 15 is 0 Å². The largest absolute Gasteiger partial charge is 0.507 e. The van der Waals surface area contributed by atoms with Crippen molar-refractivity contribution in [3.05, 3.63) is 26.8 Å². The number of aliphatic hydroxyl groups excluding tert-OH is 2. The highest BCUT2D eigenvalue weighted by molar-refractivity contribution is 14.1. The van der Waals surface area contributed by atoms with Crippen molar-refractivity contribution in [1.82, 2.24) is 0 Å². The summed E-state index contributed by atoms with van der Waals surface area (Å²) in [5.41, 5.74) is 0.643. The standard InChI is InChI=1S/C29H38INO8/c1-7-13(32)10-16-27(5)12(4)17-14(30)8-9-15(33)18(17)22(34)21(27)25(37)29(39)24(36)19(26(31)38)23(35)20(11(2)3)28(16,29)6/h8-9,11-12,16,19-21,23,25,33,35,37,39H,7,10H2,1-6H3,(H2,31,38)/t12-,16-,19-,20+,21-,23?,25?,27-,28-,29+/m1/s1. The van der Waals surface area contributed by atoms with Crippen molar-refractivity contribution >= 4 is 45.8 Å². The second-order valence-corrected chi connectivity index (χ2v) is 13.6. The average molecular weight is 656 g/mol. The van der Waals surface area contributed by atoms with Crippen LogP contribution in [0.4, 0.5) is 0 Å². The van der Waals surface area contributed by atoms with Gasteiger partial charge in [-0.2, -0.15) is 0 Å². The van der Waals surface area contributed by atoms with Crippen molar-refractivity contribution in [2.24, 2.45) is 46.2 Å². The number of amides is 1. The third kappa shape index (κ3) is 3.59. The minimum Gasteiger partial charge on any atom is -0.507 e. The number of fused-ring (bicyclic) bond motifs is 3. The lowest BCUT2D eigenvalue weighted by molar-refractivity contribution is -0.292. The molecule has 214 valence electrons. The van der Waals surface area contributed by atoms with Crippen molar-refractivity contribution in [3.63, 3.8) is 0 Å². The molecule has 3 aliphatic carbocycles. The Labute approximate surface area is 241 Å². The van der Waals surface area contributed by atoms with Crippen LogP contribution in [0.3, 0.4) is 0 Å². The minimum atomic E-state index is -2.69. The third-order valence-electron chi connectivity index (χ3n) is 10.7. The molecule has 1 aromatic carbocycles. The molecule has 10 atom stereocenters. The van der Waals surface area contributed by atoms with Crippen molar-refractivity contribution in [2.45, 2.75) is 78.1 Å². The maximum Gasteiger partial charge on any atom is 0.230 e. The molecule has 0 radical (unpaired) electrons. The lowest BCUT2D eigenvalue weighted by atomic mass is 9.33. The van der Waals surface area contributed by atoms with Gasteiger partial charge in [-0.3, -0.25) is 19.2 Å². The normalized spacial score (nSPS) is 41.6. The lowest BCUT2D eigenvalue weighted by Gasteiger charge is -2.71. The van der Waals surface area contributed by atoms with E-state index in [4.69, 9.17) is 5.73 Å². The average Bonchev–Trinajstić information content (AvgIpc) is 2.84. The number of nitrogens with two attached hydrogens (primary N) is 1. The predicted octanol–water partition coefficient (Wildman–Crippen LogP) is 2.33. The van der Waals surface area contributed by atoms with Gasteiger partial charge in [-0.15, -0.1) is 0 Å². The number of carbonyl (C=O) groups excluding carboxylic acids is 4. The molecule has 0 bridgehead atoms. The van der Waals surface area contributed by atoms with Crippen LogP contribution in [0.25, 0.3) is 0 Å². The van der Waals surface area contributed by atoms with E-state index in [1.807, 2.05) is 6.92 Å². The van der Waals surface area contributed by atoms with Crippen LogP contribution >= 0.6 is 22.6 Å². The van der Waals surface area contributed by atoms with Crippen LogP contribution in [0.1, 0.15) is 76.2 Å². The molecule has 0 aromatic heterocycles. The monoisotopic (exact) mass is 655 g/mol. The van der Waals surface area contributed by atoms with Crippen molar-refractivity contribution in [1.29, 1.82) is 0 Å². The second-order valence-electron chi connectivity index (χ2n) is 12.4. The lowest BCUT2D eigenvalue weighted by Crippen LogP contribution is -2.82. The number of phenols is 1. The van der Waals surface area contributed by atoms with Gasteiger partial charge in [-0.25, -0.2) is 0 Å². The number of hydrogen-bond donors (Lipinski definition) is 5. The molecule has 2 saturated carbocycles. The highest BCUT2D eigenvalue weighted by Gasteiger charge is 2.80. The predicted molar refractivity (Wildman–Crippen MR) is 150 cm³/mol. The molecule has 3 aliphatic rings. The maximum atomic E-state index is 14.2. The summed E-state index contributed by atoms with van der Waals surface area (Å²) in [7, 11) is 0. The molecule has 2 unspecified atom stereocenters. The van der Waals surface area contributed by atoms with Gasteiger partial charge >= 0.3 is 0 Å². The molecular weight excluding hydrogens is 617 g/mol. The molecule has 1 amide bonds. The van der Waals surface area contributed by atoms with E-state index in [-0.39, 0.29) is 29.9 Å².